The number of piperazine rings is 1. The van der Waals surface area contributed by atoms with E-state index in [-0.39, 0.29) is 0 Å². The number of anilines is 1. The number of hydrogen-bond acceptors (Lipinski definition) is 6. The number of furan rings is 1. The van der Waals surface area contributed by atoms with Crippen molar-refractivity contribution in [3.63, 3.8) is 0 Å². The molecule has 1 saturated heterocycles. The fourth-order valence-corrected chi connectivity index (χ4v) is 3.33. The van der Waals surface area contributed by atoms with E-state index >= 15 is 0 Å². The molecule has 1 aromatic heterocycles. The smallest absolute Gasteiger partial charge is 0.341 e. The summed E-state index contributed by atoms with van der Waals surface area (Å²) in [7, 11) is 3.09. The third-order valence-corrected chi connectivity index (χ3v) is 4.81. The van der Waals surface area contributed by atoms with Crippen LogP contribution in [0.4, 0.5) is 5.69 Å². The van der Waals surface area contributed by atoms with Gasteiger partial charge in [0, 0.05) is 33.2 Å². The number of aliphatic imine (C=N–C) groups is 1. The summed E-state index contributed by atoms with van der Waals surface area (Å²) >= 11 is 0. The van der Waals surface area contributed by atoms with Gasteiger partial charge in [0.05, 0.1) is 19.3 Å². The molecule has 2 heterocycles. The topological polar surface area (TPSA) is 90.5 Å². The van der Waals surface area contributed by atoms with Crippen LogP contribution in [0.25, 0.3) is 0 Å². The van der Waals surface area contributed by atoms with Crippen LogP contribution >= 0.6 is 0 Å². The van der Waals surface area contributed by atoms with Crippen molar-refractivity contribution in [3.8, 4) is 5.75 Å². The van der Waals surface area contributed by atoms with E-state index in [2.05, 4.69) is 20.1 Å². The molecule has 0 bridgehead atoms. The molecule has 28 heavy (non-hydrogen) atoms. The van der Waals surface area contributed by atoms with Crippen molar-refractivity contribution in [2.24, 2.45) is 4.99 Å². The number of esters is 1. The first-order chi connectivity index (χ1) is 13.5. The zero-order valence-corrected chi connectivity index (χ0v) is 16.4. The van der Waals surface area contributed by atoms with Gasteiger partial charge in [0.15, 0.2) is 5.96 Å². The van der Waals surface area contributed by atoms with E-state index in [1.54, 1.807) is 26.1 Å². The molecule has 1 aliphatic rings. The fraction of sp³-hybridized carbons (Fsp3) is 0.400. The molecule has 0 aliphatic carbocycles. The number of methoxy groups -OCH3 is 1. The number of carbonyl (C=O) groups excluding carboxylic acids is 1. The standard InChI is InChI=1S/C20H26N4O4/c1-14-16(19(26)27-3)12-15(28-14)13-22-20(21-2)24-10-8-23(9-11-24)17-6-4-5-7-18(17)25/h4-7,12,25H,8-11,13H2,1-3H3,(H,21,22). The summed E-state index contributed by atoms with van der Waals surface area (Å²) in [6.07, 6.45) is 0. The summed E-state index contributed by atoms with van der Waals surface area (Å²) in [5, 5.41) is 13.3. The second-order valence-corrected chi connectivity index (χ2v) is 6.54. The number of nitrogens with one attached hydrogen (secondary N) is 1. The second kappa shape index (κ2) is 8.69. The van der Waals surface area contributed by atoms with Crippen molar-refractivity contribution < 1.29 is 19.1 Å². The van der Waals surface area contributed by atoms with Gasteiger partial charge in [-0.25, -0.2) is 4.79 Å². The summed E-state index contributed by atoms with van der Waals surface area (Å²) in [6.45, 7) is 5.28. The zero-order chi connectivity index (χ0) is 20.1. The summed E-state index contributed by atoms with van der Waals surface area (Å²) in [6, 6.07) is 9.07. The molecular formula is C20H26N4O4. The number of hydrogen-bond donors (Lipinski definition) is 2. The van der Waals surface area contributed by atoms with Gasteiger partial charge in [-0.2, -0.15) is 0 Å². The van der Waals surface area contributed by atoms with Crippen molar-refractivity contribution >= 4 is 17.6 Å². The van der Waals surface area contributed by atoms with Crippen LogP contribution < -0.4 is 10.2 Å². The van der Waals surface area contributed by atoms with Gasteiger partial charge in [0.2, 0.25) is 0 Å². The van der Waals surface area contributed by atoms with Crippen molar-refractivity contribution in [1.29, 1.82) is 0 Å². The lowest BCUT2D eigenvalue weighted by Gasteiger charge is -2.37. The Balaban J connectivity index is 1.57. The van der Waals surface area contributed by atoms with Gasteiger partial charge in [-0.1, -0.05) is 12.1 Å². The van der Waals surface area contributed by atoms with Gasteiger partial charge in [0.1, 0.15) is 22.8 Å². The SMILES string of the molecule is CN=C(NCc1cc(C(=O)OC)c(C)o1)N1CCN(c2ccccc2O)CC1. The van der Waals surface area contributed by atoms with Crippen LogP contribution in [0.15, 0.2) is 39.7 Å². The predicted octanol–water partition coefficient (Wildman–Crippen LogP) is 1.98. The van der Waals surface area contributed by atoms with Gasteiger partial charge in [0.25, 0.3) is 0 Å². The maximum atomic E-state index is 11.7. The first-order valence-corrected chi connectivity index (χ1v) is 9.19. The lowest BCUT2D eigenvalue weighted by molar-refractivity contribution is 0.0599. The highest BCUT2D eigenvalue weighted by molar-refractivity contribution is 5.90. The Morgan fingerprint density at radius 1 is 1.29 bits per heavy atom. The summed E-state index contributed by atoms with van der Waals surface area (Å²) in [4.78, 5) is 20.4. The molecule has 1 aliphatic heterocycles. The Labute approximate surface area is 164 Å². The van der Waals surface area contributed by atoms with Gasteiger partial charge >= 0.3 is 5.97 Å². The van der Waals surface area contributed by atoms with Gasteiger partial charge in [-0.05, 0) is 25.1 Å². The highest BCUT2D eigenvalue weighted by atomic mass is 16.5. The number of ether oxygens (including phenoxy) is 1. The minimum absolute atomic E-state index is 0.299. The van der Waals surface area contributed by atoms with E-state index < -0.39 is 5.97 Å². The maximum Gasteiger partial charge on any atom is 0.341 e. The number of guanidine groups is 1. The number of phenols is 1. The molecule has 150 valence electrons. The molecule has 0 radical (unpaired) electrons. The second-order valence-electron chi connectivity index (χ2n) is 6.54. The van der Waals surface area contributed by atoms with Crippen LogP contribution in [0.3, 0.4) is 0 Å². The molecule has 1 fully saturated rings. The number of carbonyl (C=O) groups is 1. The Morgan fingerprint density at radius 3 is 2.64 bits per heavy atom. The van der Waals surface area contributed by atoms with E-state index in [9.17, 15) is 9.90 Å². The molecule has 0 spiro atoms. The minimum Gasteiger partial charge on any atom is -0.506 e. The summed E-state index contributed by atoms with van der Waals surface area (Å²) in [5.41, 5.74) is 1.29. The van der Waals surface area contributed by atoms with Crippen LogP contribution in [0, 0.1) is 6.92 Å². The van der Waals surface area contributed by atoms with Crippen molar-refractivity contribution in [1.82, 2.24) is 10.2 Å². The normalized spacial score (nSPS) is 14.9. The van der Waals surface area contributed by atoms with Gasteiger partial charge < -0.3 is 29.4 Å². The third kappa shape index (κ3) is 4.21. The van der Waals surface area contributed by atoms with Crippen LogP contribution in [-0.2, 0) is 11.3 Å². The molecule has 8 nitrogen and oxygen atoms in total. The number of phenolic OH excluding ortho intramolecular Hbond substituents is 1. The number of nitrogens with zero attached hydrogens (tertiary/aromatic N) is 3. The first kappa shape index (κ1) is 19.6. The van der Waals surface area contributed by atoms with Crippen molar-refractivity contribution in [2.75, 3.05) is 45.2 Å². The molecule has 3 rings (SSSR count). The van der Waals surface area contributed by atoms with Crippen LogP contribution in [0.2, 0.25) is 0 Å². The molecule has 1 aromatic carbocycles. The minimum atomic E-state index is -0.405. The molecule has 2 aromatic rings. The average molecular weight is 386 g/mol. The van der Waals surface area contributed by atoms with E-state index in [0.29, 0.717) is 29.4 Å². The van der Waals surface area contributed by atoms with Gasteiger partial charge in [-0.15, -0.1) is 0 Å². The largest absolute Gasteiger partial charge is 0.506 e. The Morgan fingerprint density at radius 2 is 2.00 bits per heavy atom. The van der Waals surface area contributed by atoms with Crippen LogP contribution in [0.5, 0.6) is 5.75 Å². The first-order valence-electron chi connectivity index (χ1n) is 9.19. The number of benzene rings is 1. The number of rotatable bonds is 4. The molecule has 8 heteroatoms. The Bertz CT molecular complexity index is 854. The van der Waals surface area contributed by atoms with Crippen molar-refractivity contribution in [3.05, 3.63) is 47.4 Å². The quantitative estimate of drug-likeness (QED) is 0.472. The zero-order valence-electron chi connectivity index (χ0n) is 16.4. The number of para-hydroxylation sites is 2. The highest BCUT2D eigenvalue weighted by Gasteiger charge is 2.22. The Kier molecular flexibility index (Phi) is 6.08. The lowest BCUT2D eigenvalue weighted by Crippen LogP contribution is -2.52. The molecule has 0 atom stereocenters. The molecule has 0 saturated carbocycles. The van der Waals surface area contributed by atoms with E-state index in [0.717, 1.165) is 37.8 Å². The monoisotopic (exact) mass is 386 g/mol. The van der Waals surface area contributed by atoms with Gasteiger partial charge in [-0.3, -0.25) is 4.99 Å². The maximum absolute atomic E-state index is 11.7. The molecular weight excluding hydrogens is 360 g/mol. The van der Waals surface area contributed by atoms with Crippen LogP contribution in [-0.4, -0.2) is 62.3 Å². The van der Waals surface area contributed by atoms with E-state index in [1.807, 2.05) is 18.2 Å². The number of aromatic hydroxyl groups is 1. The summed E-state index contributed by atoms with van der Waals surface area (Å²) in [5.74, 6) is 1.85. The van der Waals surface area contributed by atoms with E-state index in [4.69, 9.17) is 9.15 Å². The lowest BCUT2D eigenvalue weighted by atomic mass is 10.2. The van der Waals surface area contributed by atoms with E-state index in [1.165, 1.54) is 7.11 Å². The molecule has 0 unspecified atom stereocenters. The van der Waals surface area contributed by atoms with Crippen LogP contribution in [0.1, 0.15) is 21.9 Å². The fourth-order valence-electron chi connectivity index (χ4n) is 3.33. The third-order valence-electron chi connectivity index (χ3n) is 4.81. The molecule has 0 amide bonds. The molecule has 2 N–H and O–H groups in total. The average Bonchev–Trinajstić information content (AvgIpc) is 3.09. The van der Waals surface area contributed by atoms with Crippen molar-refractivity contribution in [2.45, 2.75) is 13.5 Å². The Hall–Kier alpha value is -3.16. The number of aryl methyl sites for hydroxylation is 1. The predicted molar refractivity (Wildman–Crippen MR) is 107 cm³/mol. The summed E-state index contributed by atoms with van der Waals surface area (Å²) < 4.78 is 10.4. The highest BCUT2D eigenvalue weighted by Crippen LogP contribution is 2.27.